The summed E-state index contributed by atoms with van der Waals surface area (Å²) >= 11 is 6.26. The van der Waals surface area contributed by atoms with Crippen LogP contribution < -0.4 is 5.30 Å². The van der Waals surface area contributed by atoms with Crippen molar-refractivity contribution in [2.45, 2.75) is 13.5 Å². The van der Waals surface area contributed by atoms with Crippen LogP contribution in [0.25, 0.3) is 0 Å². The maximum atomic E-state index is 12.3. The van der Waals surface area contributed by atoms with Gasteiger partial charge in [0, 0.05) is 18.7 Å². The fourth-order valence-electron chi connectivity index (χ4n) is 4.03. The first-order chi connectivity index (χ1) is 16.6. The number of esters is 1. The maximum Gasteiger partial charge on any atom is 0.338 e. The molecular formula is C24H25N4O4PS. The smallest absolute Gasteiger partial charge is 0.338 e. The van der Waals surface area contributed by atoms with E-state index in [1.54, 1.807) is 16.8 Å². The fourth-order valence-corrected chi connectivity index (χ4v) is 7.81. The van der Waals surface area contributed by atoms with Gasteiger partial charge in [0.15, 0.2) is 5.82 Å². The fraction of sp³-hybridized carbons (Fsp3) is 0.292. The summed E-state index contributed by atoms with van der Waals surface area (Å²) in [6.07, 6.45) is -2.65. The van der Waals surface area contributed by atoms with Crippen LogP contribution in [0.2, 0.25) is 0 Å². The van der Waals surface area contributed by atoms with E-state index >= 15 is 0 Å². The van der Waals surface area contributed by atoms with Crippen LogP contribution in [0.3, 0.4) is 0 Å². The lowest BCUT2D eigenvalue weighted by atomic mass is 10.2. The number of carbonyl (C=O) groups excluding carboxylic acids is 1. The van der Waals surface area contributed by atoms with Crippen molar-refractivity contribution in [1.29, 1.82) is 0 Å². The molecule has 10 heteroatoms. The molecule has 0 N–H and O–H groups in total. The van der Waals surface area contributed by atoms with Gasteiger partial charge in [-0.15, -0.1) is 0 Å². The molecule has 0 aliphatic carbocycles. The Balaban J connectivity index is 1.46. The van der Waals surface area contributed by atoms with E-state index < -0.39 is 6.42 Å². The zero-order chi connectivity index (χ0) is 23.5. The number of carbonyl (C=O) groups is 1. The zero-order valence-corrected chi connectivity index (χ0v) is 20.5. The highest BCUT2D eigenvalue weighted by molar-refractivity contribution is 8.15. The second-order valence-electron chi connectivity index (χ2n) is 7.94. The summed E-state index contributed by atoms with van der Waals surface area (Å²) < 4.78 is 21.6. The van der Waals surface area contributed by atoms with Crippen molar-refractivity contribution in [3.63, 3.8) is 0 Å². The molecule has 34 heavy (non-hydrogen) atoms. The lowest BCUT2D eigenvalue weighted by molar-refractivity contribution is 0.0488. The van der Waals surface area contributed by atoms with Gasteiger partial charge < -0.3 is 14.0 Å². The van der Waals surface area contributed by atoms with Crippen molar-refractivity contribution in [3.8, 4) is 0 Å². The van der Waals surface area contributed by atoms with Gasteiger partial charge in [-0.05, 0) is 43.0 Å². The molecule has 2 aromatic carbocycles. The Morgan fingerprint density at radius 3 is 2.47 bits per heavy atom. The van der Waals surface area contributed by atoms with Gasteiger partial charge in [0.1, 0.15) is 11.9 Å². The summed E-state index contributed by atoms with van der Waals surface area (Å²) in [6.45, 7) is 5.06. The second kappa shape index (κ2) is 9.80. The molecule has 0 saturated carbocycles. The predicted octanol–water partition coefficient (Wildman–Crippen LogP) is 3.42. The van der Waals surface area contributed by atoms with E-state index in [9.17, 15) is 4.79 Å². The van der Waals surface area contributed by atoms with E-state index in [1.165, 1.54) is 0 Å². The van der Waals surface area contributed by atoms with Gasteiger partial charge in [0.25, 0.3) is 0 Å². The minimum absolute atomic E-state index is 0.165. The molecule has 1 unspecified atom stereocenters. The van der Waals surface area contributed by atoms with Gasteiger partial charge in [0.05, 0.1) is 31.0 Å². The van der Waals surface area contributed by atoms with Crippen LogP contribution in [-0.2, 0) is 32.3 Å². The van der Waals surface area contributed by atoms with E-state index in [0.717, 1.165) is 16.6 Å². The third kappa shape index (κ3) is 4.44. The Morgan fingerprint density at radius 2 is 1.76 bits per heavy atom. The zero-order valence-electron chi connectivity index (χ0n) is 18.8. The molecule has 8 nitrogen and oxygen atoms in total. The number of hydrogen-bond acceptors (Lipinski definition) is 7. The van der Waals surface area contributed by atoms with Crippen molar-refractivity contribution in [2.24, 2.45) is 4.99 Å². The number of nitrogens with zero attached hydrogens (tertiary/aromatic N) is 4. The van der Waals surface area contributed by atoms with E-state index in [-0.39, 0.29) is 12.6 Å². The van der Waals surface area contributed by atoms with Crippen LogP contribution in [0.5, 0.6) is 0 Å². The van der Waals surface area contributed by atoms with Crippen molar-refractivity contribution >= 4 is 41.2 Å². The Morgan fingerprint density at radius 1 is 1.09 bits per heavy atom. The second-order valence-corrected chi connectivity index (χ2v) is 11.7. The molecule has 0 bridgehead atoms. The predicted molar refractivity (Wildman–Crippen MR) is 134 cm³/mol. The summed E-state index contributed by atoms with van der Waals surface area (Å²) in [5.41, 5.74) is 2.16. The van der Waals surface area contributed by atoms with Crippen LogP contribution >= 0.6 is 6.42 Å². The quantitative estimate of drug-likeness (QED) is 0.382. The highest BCUT2D eigenvalue weighted by atomic mass is 32.4. The SMILES string of the molecule is Cc1nn(CCOC(=O)c2ccccc2)c2c1P(=S)(N1CCOCC1)OC(c1ccccc1)=N2. The summed E-state index contributed by atoms with van der Waals surface area (Å²) in [4.78, 5) is 17.2. The Kier molecular flexibility index (Phi) is 6.61. The molecule has 0 spiro atoms. The largest absolute Gasteiger partial charge is 0.460 e. The number of fused-ring (bicyclic) bond motifs is 1. The highest BCUT2D eigenvalue weighted by Crippen LogP contribution is 2.56. The van der Waals surface area contributed by atoms with Gasteiger partial charge in [-0.3, -0.25) is 0 Å². The van der Waals surface area contributed by atoms with Gasteiger partial charge >= 0.3 is 5.97 Å². The van der Waals surface area contributed by atoms with Crippen LogP contribution in [-0.4, -0.2) is 59.2 Å². The van der Waals surface area contributed by atoms with Crippen molar-refractivity contribution in [2.75, 3.05) is 32.9 Å². The normalized spacial score (nSPS) is 20.2. The van der Waals surface area contributed by atoms with E-state index in [2.05, 4.69) is 4.67 Å². The number of aliphatic imine (C=N–C) groups is 1. The average Bonchev–Trinajstić information content (AvgIpc) is 3.21. The van der Waals surface area contributed by atoms with E-state index in [1.807, 2.05) is 55.5 Å². The summed E-state index contributed by atoms with van der Waals surface area (Å²) in [5, 5.41) is 5.58. The third-order valence-corrected chi connectivity index (χ3v) is 9.81. The van der Waals surface area contributed by atoms with Crippen molar-refractivity contribution < 1.29 is 18.8 Å². The van der Waals surface area contributed by atoms with Gasteiger partial charge in [0.2, 0.25) is 12.3 Å². The maximum absolute atomic E-state index is 12.3. The van der Waals surface area contributed by atoms with Gasteiger partial charge in [-0.2, -0.15) is 10.1 Å². The topological polar surface area (TPSA) is 78.2 Å². The molecule has 1 aromatic heterocycles. The van der Waals surface area contributed by atoms with Crippen LogP contribution in [0.1, 0.15) is 21.6 Å². The molecule has 3 aromatic rings. The number of aryl methyl sites for hydroxylation is 1. The lowest BCUT2D eigenvalue weighted by Gasteiger charge is -2.38. The molecule has 176 valence electrons. The first-order valence-corrected chi connectivity index (χ1v) is 13.8. The molecule has 5 rings (SSSR count). The van der Waals surface area contributed by atoms with E-state index in [4.69, 9.17) is 35.9 Å². The molecule has 0 radical (unpaired) electrons. The molecule has 1 fully saturated rings. The van der Waals surface area contributed by atoms with Crippen molar-refractivity contribution in [1.82, 2.24) is 14.5 Å². The summed E-state index contributed by atoms with van der Waals surface area (Å²) in [5.74, 6) is 0.798. The molecule has 1 atom stereocenters. The minimum Gasteiger partial charge on any atom is -0.460 e. The Labute approximate surface area is 203 Å². The number of morpholine rings is 1. The standard InChI is InChI=1S/C24H25N4O4PS/c1-18-21-22(28(26-18)14-17-31-24(29)20-10-6-3-7-11-20)25-23(19-8-4-2-5-9-19)32-33(21,34)27-12-15-30-16-13-27/h2-11H,12-17H2,1H3. The number of hydrogen-bond donors (Lipinski definition) is 0. The highest BCUT2D eigenvalue weighted by Gasteiger charge is 2.42. The van der Waals surface area contributed by atoms with Crippen LogP contribution in [0.15, 0.2) is 65.7 Å². The number of aromatic nitrogens is 2. The Hall–Kier alpha value is -2.84. The summed E-state index contributed by atoms with van der Waals surface area (Å²) in [7, 11) is 0. The first-order valence-electron chi connectivity index (χ1n) is 11.1. The molecule has 1 saturated heterocycles. The molecular weight excluding hydrogens is 471 g/mol. The number of rotatable bonds is 6. The average molecular weight is 497 g/mol. The third-order valence-electron chi connectivity index (χ3n) is 5.70. The number of ether oxygens (including phenoxy) is 2. The monoisotopic (exact) mass is 496 g/mol. The molecule has 2 aliphatic heterocycles. The minimum atomic E-state index is -2.65. The summed E-state index contributed by atoms with van der Waals surface area (Å²) in [6, 6.07) is 18.7. The lowest BCUT2D eigenvalue weighted by Crippen LogP contribution is -2.39. The molecule has 0 amide bonds. The first kappa shape index (κ1) is 22.9. The van der Waals surface area contributed by atoms with Crippen LogP contribution in [0.4, 0.5) is 5.82 Å². The molecule has 3 heterocycles. The molecule has 2 aliphatic rings. The van der Waals surface area contributed by atoms with Crippen molar-refractivity contribution in [3.05, 3.63) is 77.5 Å². The van der Waals surface area contributed by atoms with E-state index in [0.29, 0.717) is 50.1 Å². The number of benzene rings is 2. The van der Waals surface area contributed by atoms with Crippen LogP contribution in [0, 0.1) is 6.92 Å². The van der Waals surface area contributed by atoms with Gasteiger partial charge in [-0.1, -0.05) is 36.4 Å². The Bertz CT molecular complexity index is 1260. The van der Waals surface area contributed by atoms with Gasteiger partial charge in [-0.25, -0.2) is 14.1 Å².